The van der Waals surface area contributed by atoms with Crippen LogP contribution in [0.4, 0.5) is 4.39 Å². The first-order valence-corrected chi connectivity index (χ1v) is 6.05. The summed E-state index contributed by atoms with van der Waals surface area (Å²) >= 11 is 1.59. The lowest BCUT2D eigenvalue weighted by molar-refractivity contribution is 0.318. The van der Waals surface area contributed by atoms with Crippen LogP contribution in [0.2, 0.25) is 0 Å². The molecule has 1 aromatic heterocycles. The second-order valence-corrected chi connectivity index (χ2v) is 4.77. The molecule has 5 heteroatoms. The third-order valence-corrected chi connectivity index (χ3v) is 3.12. The molecule has 2 rings (SSSR count). The SMILES string of the molecule is Cc1nc2ccc(OC/C(F)=C/CN)cc2s1. The number of nitrogens with zero attached hydrogens (tertiary/aromatic N) is 1. The standard InChI is InChI=1S/C12H13FN2OS/c1-8-15-11-3-2-10(6-12(11)17-8)16-7-9(13)4-5-14/h2-4,6H,5,7,14H2,1H3/b9-4-. The molecule has 1 heterocycles. The van der Waals surface area contributed by atoms with Gasteiger partial charge < -0.3 is 10.5 Å². The lowest BCUT2D eigenvalue weighted by atomic mass is 10.3. The summed E-state index contributed by atoms with van der Waals surface area (Å²) in [5.41, 5.74) is 6.14. The molecule has 90 valence electrons. The van der Waals surface area contributed by atoms with Crippen LogP contribution in [0.25, 0.3) is 10.2 Å². The van der Waals surface area contributed by atoms with E-state index in [0.717, 1.165) is 15.2 Å². The summed E-state index contributed by atoms with van der Waals surface area (Å²) in [6, 6.07) is 5.53. The Morgan fingerprint density at radius 1 is 1.59 bits per heavy atom. The molecular formula is C12H13FN2OS. The van der Waals surface area contributed by atoms with Crippen molar-refractivity contribution >= 4 is 21.6 Å². The van der Waals surface area contributed by atoms with E-state index < -0.39 is 0 Å². The van der Waals surface area contributed by atoms with Gasteiger partial charge in [0.05, 0.1) is 15.2 Å². The van der Waals surface area contributed by atoms with Crippen molar-refractivity contribution in [2.24, 2.45) is 5.73 Å². The van der Waals surface area contributed by atoms with Crippen LogP contribution in [0, 0.1) is 6.92 Å². The average Bonchev–Trinajstić information content (AvgIpc) is 2.66. The zero-order valence-electron chi connectivity index (χ0n) is 9.44. The van der Waals surface area contributed by atoms with Crippen LogP contribution < -0.4 is 10.5 Å². The fourth-order valence-electron chi connectivity index (χ4n) is 1.45. The first kappa shape index (κ1) is 12.0. The van der Waals surface area contributed by atoms with E-state index in [2.05, 4.69) is 4.98 Å². The molecule has 17 heavy (non-hydrogen) atoms. The number of benzene rings is 1. The quantitative estimate of drug-likeness (QED) is 0.910. The van der Waals surface area contributed by atoms with E-state index in [1.54, 1.807) is 17.4 Å². The van der Waals surface area contributed by atoms with Crippen molar-refractivity contribution in [3.8, 4) is 5.75 Å². The summed E-state index contributed by atoms with van der Waals surface area (Å²) in [5.74, 6) is 0.287. The van der Waals surface area contributed by atoms with Crippen LogP contribution in [0.5, 0.6) is 5.75 Å². The second kappa shape index (κ2) is 5.25. The number of aromatic nitrogens is 1. The van der Waals surface area contributed by atoms with E-state index in [9.17, 15) is 4.39 Å². The number of ether oxygens (including phenoxy) is 1. The third kappa shape index (κ3) is 3.01. The molecule has 0 radical (unpaired) electrons. The Morgan fingerprint density at radius 3 is 3.18 bits per heavy atom. The maximum atomic E-state index is 13.1. The highest BCUT2D eigenvalue weighted by Gasteiger charge is 2.03. The van der Waals surface area contributed by atoms with Gasteiger partial charge in [-0.3, -0.25) is 0 Å². The lowest BCUT2D eigenvalue weighted by Crippen LogP contribution is -2.01. The Bertz CT molecular complexity index is 550. The van der Waals surface area contributed by atoms with E-state index in [1.165, 1.54) is 6.08 Å². The molecular weight excluding hydrogens is 239 g/mol. The fourth-order valence-corrected chi connectivity index (χ4v) is 2.30. The average molecular weight is 252 g/mol. The Balaban J connectivity index is 2.11. The Morgan fingerprint density at radius 2 is 2.41 bits per heavy atom. The maximum Gasteiger partial charge on any atom is 0.139 e. The van der Waals surface area contributed by atoms with Gasteiger partial charge in [-0.1, -0.05) is 0 Å². The van der Waals surface area contributed by atoms with Crippen LogP contribution in [0.1, 0.15) is 5.01 Å². The highest BCUT2D eigenvalue weighted by molar-refractivity contribution is 7.18. The number of hydrogen-bond acceptors (Lipinski definition) is 4. The summed E-state index contributed by atoms with van der Waals surface area (Å²) in [6.45, 7) is 2.05. The zero-order valence-corrected chi connectivity index (χ0v) is 10.3. The molecule has 0 fully saturated rings. The molecule has 0 aliphatic rings. The predicted molar refractivity (Wildman–Crippen MR) is 68.1 cm³/mol. The monoisotopic (exact) mass is 252 g/mol. The van der Waals surface area contributed by atoms with Crippen molar-refractivity contribution in [3.05, 3.63) is 35.1 Å². The van der Waals surface area contributed by atoms with Crippen molar-refractivity contribution in [2.75, 3.05) is 13.2 Å². The fraction of sp³-hybridized carbons (Fsp3) is 0.250. The molecule has 0 atom stereocenters. The number of rotatable bonds is 4. The largest absolute Gasteiger partial charge is 0.486 e. The van der Waals surface area contributed by atoms with Gasteiger partial charge in [-0.05, 0) is 31.2 Å². The number of hydrogen-bond donors (Lipinski definition) is 1. The van der Waals surface area contributed by atoms with Crippen molar-refractivity contribution in [2.45, 2.75) is 6.92 Å². The lowest BCUT2D eigenvalue weighted by Gasteiger charge is -2.03. The predicted octanol–water partition coefficient (Wildman–Crippen LogP) is 2.80. The van der Waals surface area contributed by atoms with E-state index >= 15 is 0 Å². The van der Waals surface area contributed by atoms with Gasteiger partial charge in [0, 0.05) is 6.54 Å². The van der Waals surface area contributed by atoms with Crippen LogP contribution in [0.3, 0.4) is 0 Å². The van der Waals surface area contributed by atoms with Crippen LogP contribution in [-0.2, 0) is 0 Å². The van der Waals surface area contributed by atoms with Gasteiger partial charge in [-0.25, -0.2) is 9.37 Å². The molecule has 2 aromatic rings. The van der Waals surface area contributed by atoms with E-state index in [-0.39, 0.29) is 19.0 Å². The minimum absolute atomic E-state index is 0.0828. The van der Waals surface area contributed by atoms with E-state index in [4.69, 9.17) is 10.5 Å². The van der Waals surface area contributed by atoms with Gasteiger partial charge in [0.25, 0.3) is 0 Å². The van der Waals surface area contributed by atoms with Gasteiger partial charge in [-0.2, -0.15) is 0 Å². The molecule has 0 spiro atoms. The molecule has 0 bridgehead atoms. The minimum Gasteiger partial charge on any atom is -0.486 e. The summed E-state index contributed by atoms with van der Waals surface area (Å²) in [7, 11) is 0. The number of fused-ring (bicyclic) bond motifs is 1. The molecule has 0 saturated carbocycles. The number of halogens is 1. The minimum atomic E-state index is -0.354. The van der Waals surface area contributed by atoms with Crippen LogP contribution >= 0.6 is 11.3 Å². The van der Waals surface area contributed by atoms with E-state index in [0.29, 0.717) is 5.75 Å². The highest BCUT2D eigenvalue weighted by Crippen LogP contribution is 2.26. The Kier molecular flexibility index (Phi) is 3.71. The molecule has 0 aliphatic carbocycles. The summed E-state index contributed by atoms with van der Waals surface area (Å²) in [4.78, 5) is 4.34. The normalized spacial score (nSPS) is 12.1. The zero-order chi connectivity index (χ0) is 12.3. The Hall–Kier alpha value is -1.46. The molecule has 3 nitrogen and oxygen atoms in total. The van der Waals surface area contributed by atoms with E-state index in [1.807, 2.05) is 19.1 Å². The third-order valence-electron chi connectivity index (χ3n) is 2.18. The number of aryl methyl sites for hydroxylation is 1. The van der Waals surface area contributed by atoms with Gasteiger partial charge in [0.15, 0.2) is 0 Å². The highest BCUT2D eigenvalue weighted by atomic mass is 32.1. The van der Waals surface area contributed by atoms with Gasteiger partial charge in [0.2, 0.25) is 0 Å². The second-order valence-electron chi connectivity index (χ2n) is 3.54. The van der Waals surface area contributed by atoms with Crippen molar-refractivity contribution in [1.29, 1.82) is 0 Å². The van der Waals surface area contributed by atoms with Crippen LogP contribution in [-0.4, -0.2) is 18.1 Å². The van der Waals surface area contributed by atoms with Crippen LogP contribution in [0.15, 0.2) is 30.1 Å². The Labute approximate surface area is 103 Å². The van der Waals surface area contributed by atoms with Gasteiger partial charge in [-0.15, -0.1) is 11.3 Å². The van der Waals surface area contributed by atoms with Crippen molar-refractivity contribution < 1.29 is 9.13 Å². The number of thiazole rings is 1. The summed E-state index contributed by atoms with van der Waals surface area (Å²) < 4.78 is 19.4. The van der Waals surface area contributed by atoms with Crippen molar-refractivity contribution in [3.63, 3.8) is 0 Å². The van der Waals surface area contributed by atoms with Crippen molar-refractivity contribution in [1.82, 2.24) is 4.98 Å². The first-order chi connectivity index (χ1) is 8.19. The smallest absolute Gasteiger partial charge is 0.139 e. The van der Waals surface area contributed by atoms with Gasteiger partial charge >= 0.3 is 0 Å². The van der Waals surface area contributed by atoms with Gasteiger partial charge in [0.1, 0.15) is 18.2 Å². The topological polar surface area (TPSA) is 48.1 Å². The molecule has 2 N–H and O–H groups in total. The molecule has 0 aliphatic heterocycles. The first-order valence-electron chi connectivity index (χ1n) is 5.23. The molecule has 0 unspecified atom stereocenters. The molecule has 0 saturated heterocycles. The molecule has 0 amide bonds. The molecule has 1 aromatic carbocycles. The summed E-state index contributed by atoms with van der Waals surface area (Å²) in [5, 5.41) is 1.01. The maximum absolute atomic E-state index is 13.1. The summed E-state index contributed by atoms with van der Waals surface area (Å²) in [6.07, 6.45) is 1.30. The number of nitrogens with two attached hydrogens (primary N) is 1.